The smallest absolute Gasteiger partial charge is 0.336 e. The van der Waals surface area contributed by atoms with Crippen molar-refractivity contribution >= 4 is 11.9 Å². The van der Waals surface area contributed by atoms with Crippen LogP contribution < -0.4 is 5.32 Å². The van der Waals surface area contributed by atoms with Crippen LogP contribution in [0.2, 0.25) is 0 Å². The van der Waals surface area contributed by atoms with Crippen molar-refractivity contribution in [2.24, 2.45) is 5.41 Å². The van der Waals surface area contributed by atoms with Gasteiger partial charge in [0.15, 0.2) is 0 Å². The zero-order chi connectivity index (χ0) is 14.6. The Labute approximate surface area is 117 Å². The van der Waals surface area contributed by atoms with Gasteiger partial charge in [0.1, 0.15) is 0 Å². The van der Waals surface area contributed by atoms with Crippen molar-refractivity contribution in [3.63, 3.8) is 0 Å². The number of carboxylic acid groups (broad SMARTS) is 1. The minimum atomic E-state index is -1.09. The second kappa shape index (κ2) is 6.05. The van der Waals surface area contributed by atoms with E-state index in [2.05, 4.69) is 5.32 Å². The van der Waals surface area contributed by atoms with Crippen LogP contribution in [0.25, 0.3) is 0 Å². The van der Waals surface area contributed by atoms with E-state index in [-0.39, 0.29) is 22.4 Å². The van der Waals surface area contributed by atoms with Gasteiger partial charge in [-0.25, -0.2) is 4.79 Å². The van der Waals surface area contributed by atoms with Crippen molar-refractivity contribution in [1.82, 2.24) is 5.32 Å². The number of carbonyl (C=O) groups is 2. The van der Waals surface area contributed by atoms with E-state index < -0.39 is 5.97 Å². The summed E-state index contributed by atoms with van der Waals surface area (Å²) in [7, 11) is 1.66. The quantitative estimate of drug-likeness (QED) is 0.798. The molecule has 1 aromatic carbocycles. The third-order valence-corrected chi connectivity index (χ3v) is 3.82. The molecule has 5 nitrogen and oxygen atoms in total. The van der Waals surface area contributed by atoms with Crippen molar-refractivity contribution in [2.45, 2.75) is 19.3 Å². The molecule has 2 rings (SSSR count). The lowest BCUT2D eigenvalue weighted by Crippen LogP contribution is -2.31. The van der Waals surface area contributed by atoms with Crippen molar-refractivity contribution in [3.8, 4) is 0 Å². The lowest BCUT2D eigenvalue weighted by atomic mass is 10.0. The summed E-state index contributed by atoms with van der Waals surface area (Å²) in [5.74, 6) is -1.41. The minimum Gasteiger partial charge on any atom is -0.478 e. The highest BCUT2D eigenvalue weighted by atomic mass is 16.5. The third-order valence-electron chi connectivity index (χ3n) is 3.82. The maximum absolute atomic E-state index is 12.1. The molecule has 0 bridgehead atoms. The molecule has 1 saturated carbocycles. The predicted molar refractivity (Wildman–Crippen MR) is 73.9 cm³/mol. The van der Waals surface area contributed by atoms with Crippen LogP contribution in [0.4, 0.5) is 0 Å². The normalized spacial score (nSPS) is 15.7. The van der Waals surface area contributed by atoms with Crippen LogP contribution >= 0.6 is 0 Å². The van der Waals surface area contributed by atoms with E-state index in [4.69, 9.17) is 9.84 Å². The Morgan fingerprint density at radius 2 is 1.95 bits per heavy atom. The van der Waals surface area contributed by atoms with Gasteiger partial charge in [-0.05, 0) is 36.8 Å². The van der Waals surface area contributed by atoms with E-state index in [1.165, 1.54) is 12.1 Å². The molecule has 0 saturated heterocycles. The van der Waals surface area contributed by atoms with Gasteiger partial charge in [0, 0.05) is 20.3 Å². The van der Waals surface area contributed by atoms with E-state index in [1.807, 2.05) is 0 Å². The van der Waals surface area contributed by atoms with Crippen molar-refractivity contribution in [1.29, 1.82) is 0 Å². The zero-order valence-electron chi connectivity index (χ0n) is 11.5. The largest absolute Gasteiger partial charge is 0.478 e. The summed E-state index contributed by atoms with van der Waals surface area (Å²) in [5.41, 5.74) is 0.387. The number of nitrogens with one attached hydrogen (secondary N) is 1. The standard InChI is InChI=1S/C15H19NO4/c1-20-9-8-15(6-7-15)10-16-13(17)11-4-2-3-5-12(11)14(18)19/h2-5H,6-10H2,1H3,(H,16,17)(H,18,19). The van der Waals surface area contributed by atoms with Gasteiger partial charge in [-0.3, -0.25) is 4.79 Å². The highest BCUT2D eigenvalue weighted by Crippen LogP contribution is 2.48. The fourth-order valence-electron chi connectivity index (χ4n) is 2.24. The minimum absolute atomic E-state index is 0.0340. The second-order valence-electron chi connectivity index (χ2n) is 5.28. The highest BCUT2D eigenvalue weighted by molar-refractivity contribution is 6.04. The molecule has 1 fully saturated rings. The van der Waals surface area contributed by atoms with Crippen LogP contribution in [0.1, 0.15) is 40.0 Å². The van der Waals surface area contributed by atoms with Crippen LogP contribution in [-0.2, 0) is 4.74 Å². The van der Waals surface area contributed by atoms with E-state index in [0.717, 1.165) is 19.3 Å². The molecule has 0 heterocycles. The molecule has 0 aromatic heterocycles. The summed E-state index contributed by atoms with van der Waals surface area (Å²) in [5, 5.41) is 11.9. The Hall–Kier alpha value is -1.88. The van der Waals surface area contributed by atoms with Gasteiger partial charge in [0.2, 0.25) is 0 Å². The maximum Gasteiger partial charge on any atom is 0.336 e. The number of rotatable bonds is 7. The maximum atomic E-state index is 12.1. The van der Waals surface area contributed by atoms with Crippen molar-refractivity contribution in [2.75, 3.05) is 20.3 Å². The van der Waals surface area contributed by atoms with Crippen LogP contribution in [0.15, 0.2) is 24.3 Å². The molecule has 0 unspecified atom stereocenters. The number of amides is 1. The topological polar surface area (TPSA) is 75.6 Å². The van der Waals surface area contributed by atoms with Gasteiger partial charge in [0.25, 0.3) is 5.91 Å². The number of hydrogen-bond donors (Lipinski definition) is 2. The van der Waals surface area contributed by atoms with E-state index in [0.29, 0.717) is 13.2 Å². The molecule has 0 atom stereocenters. The predicted octanol–water partition coefficient (Wildman–Crippen LogP) is 1.93. The molecule has 0 radical (unpaired) electrons. The zero-order valence-corrected chi connectivity index (χ0v) is 11.5. The Morgan fingerprint density at radius 1 is 1.30 bits per heavy atom. The van der Waals surface area contributed by atoms with Crippen molar-refractivity contribution in [3.05, 3.63) is 35.4 Å². The van der Waals surface area contributed by atoms with Gasteiger partial charge >= 0.3 is 5.97 Å². The van der Waals surface area contributed by atoms with Crippen LogP contribution in [0.5, 0.6) is 0 Å². The van der Waals surface area contributed by atoms with Gasteiger partial charge in [-0.2, -0.15) is 0 Å². The first-order chi connectivity index (χ1) is 9.58. The van der Waals surface area contributed by atoms with Crippen molar-refractivity contribution < 1.29 is 19.4 Å². The van der Waals surface area contributed by atoms with Gasteiger partial charge in [-0.1, -0.05) is 12.1 Å². The number of benzene rings is 1. The molecule has 1 aliphatic rings. The Morgan fingerprint density at radius 3 is 2.50 bits per heavy atom. The van der Waals surface area contributed by atoms with Crippen LogP contribution in [-0.4, -0.2) is 37.2 Å². The van der Waals surface area contributed by atoms with E-state index >= 15 is 0 Å². The molecule has 5 heteroatoms. The highest BCUT2D eigenvalue weighted by Gasteiger charge is 2.42. The summed E-state index contributed by atoms with van der Waals surface area (Å²) in [6, 6.07) is 6.25. The number of carboxylic acids is 1. The van der Waals surface area contributed by atoms with E-state index in [9.17, 15) is 9.59 Å². The first kappa shape index (κ1) is 14.5. The summed E-state index contributed by atoms with van der Waals surface area (Å²) < 4.78 is 5.07. The first-order valence-corrected chi connectivity index (χ1v) is 6.67. The Bertz CT molecular complexity index is 508. The lowest BCUT2D eigenvalue weighted by Gasteiger charge is -2.16. The molecule has 108 valence electrons. The molecular formula is C15H19NO4. The molecule has 1 amide bonds. The number of hydrogen-bond acceptors (Lipinski definition) is 3. The monoisotopic (exact) mass is 277 g/mol. The molecule has 1 aliphatic carbocycles. The van der Waals surface area contributed by atoms with Gasteiger partial charge < -0.3 is 15.2 Å². The fourth-order valence-corrected chi connectivity index (χ4v) is 2.24. The molecule has 1 aromatic rings. The van der Waals surface area contributed by atoms with Gasteiger partial charge in [0.05, 0.1) is 11.1 Å². The van der Waals surface area contributed by atoms with Crippen LogP contribution in [0.3, 0.4) is 0 Å². The summed E-state index contributed by atoms with van der Waals surface area (Å²) >= 11 is 0. The molecule has 20 heavy (non-hydrogen) atoms. The molecule has 2 N–H and O–H groups in total. The molecule has 0 aliphatic heterocycles. The third kappa shape index (κ3) is 3.36. The first-order valence-electron chi connectivity index (χ1n) is 6.67. The SMILES string of the molecule is COCCC1(CNC(=O)c2ccccc2C(=O)O)CC1. The van der Waals surface area contributed by atoms with Crippen LogP contribution in [0, 0.1) is 5.41 Å². The number of carbonyl (C=O) groups excluding carboxylic acids is 1. The Kier molecular flexibility index (Phi) is 4.39. The average molecular weight is 277 g/mol. The molecular weight excluding hydrogens is 258 g/mol. The second-order valence-corrected chi connectivity index (χ2v) is 5.28. The summed E-state index contributed by atoms with van der Waals surface area (Å²) in [4.78, 5) is 23.2. The Balaban J connectivity index is 1.97. The summed E-state index contributed by atoms with van der Waals surface area (Å²) in [6.45, 7) is 1.25. The fraction of sp³-hybridized carbons (Fsp3) is 0.467. The van der Waals surface area contributed by atoms with Gasteiger partial charge in [-0.15, -0.1) is 0 Å². The average Bonchev–Trinajstić information content (AvgIpc) is 3.23. The van der Waals surface area contributed by atoms with E-state index in [1.54, 1.807) is 19.2 Å². The molecule has 0 spiro atoms. The number of methoxy groups -OCH3 is 1. The number of aromatic carboxylic acids is 1. The number of ether oxygens (including phenoxy) is 1. The summed E-state index contributed by atoms with van der Waals surface area (Å²) in [6.07, 6.45) is 3.08. The lowest BCUT2D eigenvalue weighted by molar-refractivity contribution is 0.0690.